The molecule has 88 valence electrons. The number of carbonyl (C=O) groups is 2. The molecule has 0 saturated carbocycles. The molecule has 0 aromatic carbocycles. The molecular formula is C12H12N2O3. The summed E-state index contributed by atoms with van der Waals surface area (Å²) in [4.78, 5) is 29.6. The Morgan fingerprint density at radius 2 is 1.94 bits per heavy atom. The van der Waals surface area contributed by atoms with Crippen LogP contribution in [0.25, 0.3) is 0 Å². The number of hydrogen-bond acceptors (Lipinski definition) is 5. The molecule has 5 nitrogen and oxygen atoms in total. The van der Waals surface area contributed by atoms with Crippen molar-refractivity contribution in [2.75, 3.05) is 26.1 Å². The number of aromatic nitrogens is 1. The van der Waals surface area contributed by atoms with Crippen molar-refractivity contribution in [3.8, 4) is 0 Å². The maximum absolute atomic E-state index is 11.9. The van der Waals surface area contributed by atoms with Gasteiger partial charge < -0.3 is 9.64 Å². The first kappa shape index (κ1) is 11.3. The third-order valence-corrected chi connectivity index (χ3v) is 2.56. The van der Waals surface area contributed by atoms with Crippen LogP contribution in [-0.4, -0.2) is 37.8 Å². The lowest BCUT2D eigenvalue weighted by atomic mass is 9.95. The zero-order valence-electron chi connectivity index (χ0n) is 9.85. The van der Waals surface area contributed by atoms with E-state index in [0.717, 1.165) is 0 Å². The van der Waals surface area contributed by atoms with Crippen LogP contribution in [0, 0.1) is 0 Å². The average Bonchev–Trinajstić information content (AvgIpc) is 2.33. The molecule has 0 unspecified atom stereocenters. The fourth-order valence-electron chi connectivity index (χ4n) is 1.62. The van der Waals surface area contributed by atoms with E-state index in [-0.39, 0.29) is 17.3 Å². The fourth-order valence-corrected chi connectivity index (χ4v) is 1.62. The van der Waals surface area contributed by atoms with Gasteiger partial charge in [0, 0.05) is 31.9 Å². The van der Waals surface area contributed by atoms with E-state index >= 15 is 0 Å². The fraction of sp³-hybridized carbons (Fsp3) is 0.250. The molecule has 0 atom stereocenters. The summed E-state index contributed by atoms with van der Waals surface area (Å²) >= 11 is 0. The Morgan fingerprint density at radius 1 is 1.24 bits per heavy atom. The van der Waals surface area contributed by atoms with E-state index in [1.54, 1.807) is 11.0 Å². The third-order valence-electron chi connectivity index (χ3n) is 2.56. The Kier molecular flexibility index (Phi) is 2.67. The Balaban J connectivity index is 2.55. The smallest absolute Gasteiger partial charge is 0.229 e. The maximum Gasteiger partial charge on any atom is 0.229 e. The number of rotatable bonds is 2. The second-order valence-electron chi connectivity index (χ2n) is 3.89. The standard InChI is InChI=1S/C12H12N2O3/c1-14(2)11-4-7-8(6-13-11)12(16)10(17-3)5-9(7)15/h4-6H,1-3H3. The van der Waals surface area contributed by atoms with E-state index in [1.807, 2.05) is 14.1 Å². The Morgan fingerprint density at radius 3 is 2.53 bits per heavy atom. The first-order valence-corrected chi connectivity index (χ1v) is 5.06. The summed E-state index contributed by atoms with van der Waals surface area (Å²) in [6.07, 6.45) is 2.63. The number of allylic oxidation sites excluding steroid dienone is 2. The maximum atomic E-state index is 11.9. The molecule has 0 aliphatic heterocycles. The van der Waals surface area contributed by atoms with Crippen molar-refractivity contribution in [1.29, 1.82) is 0 Å². The number of ether oxygens (including phenoxy) is 1. The molecule has 0 spiro atoms. The van der Waals surface area contributed by atoms with Gasteiger partial charge in [-0.15, -0.1) is 0 Å². The van der Waals surface area contributed by atoms with Crippen LogP contribution >= 0.6 is 0 Å². The number of hydrogen-bond donors (Lipinski definition) is 0. The van der Waals surface area contributed by atoms with Crippen molar-refractivity contribution in [2.45, 2.75) is 0 Å². The Hall–Kier alpha value is -2.17. The Labute approximate surface area is 98.7 Å². The molecule has 17 heavy (non-hydrogen) atoms. The highest BCUT2D eigenvalue weighted by atomic mass is 16.5. The van der Waals surface area contributed by atoms with E-state index in [1.165, 1.54) is 19.4 Å². The molecular weight excluding hydrogens is 220 g/mol. The van der Waals surface area contributed by atoms with Gasteiger partial charge in [-0.05, 0) is 6.07 Å². The number of Topliss-reactive ketones (excluding diaryl/α,β-unsaturated/α-hetero) is 1. The van der Waals surface area contributed by atoms with Crippen LogP contribution in [0.3, 0.4) is 0 Å². The van der Waals surface area contributed by atoms with Crippen LogP contribution in [0.4, 0.5) is 5.82 Å². The number of methoxy groups -OCH3 is 1. The van der Waals surface area contributed by atoms with Gasteiger partial charge in [-0.25, -0.2) is 4.98 Å². The highest BCUT2D eigenvalue weighted by Gasteiger charge is 2.27. The molecule has 1 aliphatic carbocycles. The van der Waals surface area contributed by atoms with Gasteiger partial charge in [0.05, 0.1) is 12.7 Å². The molecule has 1 aliphatic rings. The lowest BCUT2D eigenvalue weighted by molar-refractivity contribution is 0.0916. The second-order valence-corrected chi connectivity index (χ2v) is 3.89. The van der Waals surface area contributed by atoms with E-state index in [4.69, 9.17) is 4.74 Å². The molecule has 0 amide bonds. The predicted molar refractivity (Wildman–Crippen MR) is 62.3 cm³/mol. The van der Waals surface area contributed by atoms with Crippen LogP contribution in [0.1, 0.15) is 20.7 Å². The molecule has 0 N–H and O–H groups in total. The van der Waals surface area contributed by atoms with Crippen LogP contribution in [-0.2, 0) is 4.74 Å². The second kappa shape index (κ2) is 4.01. The quantitative estimate of drug-likeness (QED) is 0.763. The van der Waals surface area contributed by atoms with Crippen LogP contribution in [0.5, 0.6) is 0 Å². The van der Waals surface area contributed by atoms with Crippen molar-refractivity contribution in [3.63, 3.8) is 0 Å². The van der Waals surface area contributed by atoms with Gasteiger partial charge in [-0.2, -0.15) is 0 Å². The summed E-state index contributed by atoms with van der Waals surface area (Å²) < 4.78 is 4.86. The van der Waals surface area contributed by atoms with Gasteiger partial charge in [0.1, 0.15) is 5.82 Å². The summed E-state index contributed by atoms with van der Waals surface area (Å²) in [5, 5.41) is 0. The molecule has 5 heteroatoms. The molecule has 0 radical (unpaired) electrons. The van der Waals surface area contributed by atoms with Crippen LogP contribution in [0.15, 0.2) is 24.1 Å². The van der Waals surface area contributed by atoms with Gasteiger partial charge in [-0.3, -0.25) is 9.59 Å². The molecule has 1 heterocycles. The van der Waals surface area contributed by atoms with Gasteiger partial charge in [0.15, 0.2) is 11.5 Å². The highest BCUT2D eigenvalue weighted by molar-refractivity contribution is 6.23. The molecule has 0 fully saturated rings. The number of pyridine rings is 1. The number of fused-ring (bicyclic) bond motifs is 1. The van der Waals surface area contributed by atoms with Crippen molar-refractivity contribution < 1.29 is 14.3 Å². The Bertz CT molecular complexity index is 533. The minimum atomic E-state index is -0.306. The van der Waals surface area contributed by atoms with Crippen molar-refractivity contribution >= 4 is 17.4 Å². The van der Waals surface area contributed by atoms with Crippen molar-refractivity contribution in [2.24, 2.45) is 0 Å². The van der Waals surface area contributed by atoms with Gasteiger partial charge in [-0.1, -0.05) is 0 Å². The van der Waals surface area contributed by atoms with Gasteiger partial charge in [0.25, 0.3) is 0 Å². The monoisotopic (exact) mass is 232 g/mol. The van der Waals surface area contributed by atoms with Crippen LogP contribution in [0.2, 0.25) is 0 Å². The summed E-state index contributed by atoms with van der Waals surface area (Å²) in [6, 6.07) is 1.61. The molecule has 2 rings (SSSR count). The first-order chi connectivity index (χ1) is 8.04. The zero-order valence-corrected chi connectivity index (χ0v) is 9.85. The summed E-state index contributed by atoms with van der Waals surface area (Å²) in [7, 11) is 5.00. The SMILES string of the molecule is COC1=CC(=O)c2cc(N(C)C)ncc2C1=O. The zero-order chi connectivity index (χ0) is 12.6. The van der Waals surface area contributed by atoms with Crippen molar-refractivity contribution in [3.05, 3.63) is 35.2 Å². The lowest BCUT2D eigenvalue weighted by Gasteiger charge is -2.17. The molecule has 0 saturated heterocycles. The van der Waals surface area contributed by atoms with E-state index in [2.05, 4.69) is 4.98 Å². The first-order valence-electron chi connectivity index (χ1n) is 5.06. The lowest BCUT2D eigenvalue weighted by Crippen LogP contribution is -2.20. The number of carbonyl (C=O) groups excluding carboxylic acids is 2. The van der Waals surface area contributed by atoms with E-state index < -0.39 is 0 Å². The van der Waals surface area contributed by atoms with E-state index in [0.29, 0.717) is 16.9 Å². The number of anilines is 1. The minimum absolute atomic E-state index is 0.0573. The average molecular weight is 232 g/mol. The minimum Gasteiger partial charge on any atom is -0.492 e. The highest BCUT2D eigenvalue weighted by Crippen LogP contribution is 2.23. The summed E-state index contributed by atoms with van der Waals surface area (Å²) in [5.74, 6) is 0.155. The summed E-state index contributed by atoms with van der Waals surface area (Å²) in [6.45, 7) is 0. The van der Waals surface area contributed by atoms with Gasteiger partial charge >= 0.3 is 0 Å². The molecule has 1 aromatic rings. The predicted octanol–water partition coefficient (Wildman–Crippen LogP) is 1.06. The van der Waals surface area contributed by atoms with Crippen molar-refractivity contribution in [1.82, 2.24) is 4.98 Å². The number of nitrogens with zero attached hydrogens (tertiary/aromatic N) is 2. The largest absolute Gasteiger partial charge is 0.492 e. The topological polar surface area (TPSA) is 59.5 Å². The van der Waals surface area contributed by atoms with Gasteiger partial charge in [0.2, 0.25) is 5.78 Å². The normalized spacial score (nSPS) is 14.2. The molecule has 0 bridgehead atoms. The van der Waals surface area contributed by atoms with E-state index in [9.17, 15) is 9.59 Å². The number of ketones is 2. The van der Waals surface area contributed by atoms with Crippen LogP contribution < -0.4 is 4.90 Å². The summed E-state index contributed by atoms with van der Waals surface area (Å²) in [5.41, 5.74) is 0.662. The molecule has 1 aromatic heterocycles. The third kappa shape index (κ3) is 1.80.